The van der Waals surface area contributed by atoms with Crippen molar-refractivity contribution in [1.29, 1.82) is 5.26 Å². The Morgan fingerprint density at radius 2 is 2.08 bits per heavy atom. The summed E-state index contributed by atoms with van der Waals surface area (Å²) < 4.78 is 0. The molecule has 1 aromatic carbocycles. The minimum atomic E-state index is -0.765. The fourth-order valence-corrected chi connectivity index (χ4v) is 3.08. The van der Waals surface area contributed by atoms with Gasteiger partial charge in [0, 0.05) is 24.3 Å². The lowest BCUT2D eigenvalue weighted by Crippen LogP contribution is -2.48. The molecule has 1 heterocycles. The van der Waals surface area contributed by atoms with Crippen molar-refractivity contribution in [3.63, 3.8) is 0 Å². The van der Waals surface area contributed by atoms with Crippen molar-refractivity contribution in [1.82, 2.24) is 5.32 Å². The van der Waals surface area contributed by atoms with Crippen molar-refractivity contribution in [3.8, 4) is 6.07 Å². The summed E-state index contributed by atoms with van der Waals surface area (Å²) >= 11 is 0. The van der Waals surface area contributed by atoms with Crippen molar-refractivity contribution in [2.45, 2.75) is 38.1 Å². The first-order chi connectivity index (χ1) is 11.5. The Balaban J connectivity index is 1.52. The highest BCUT2D eigenvalue weighted by atomic mass is 16.2. The Morgan fingerprint density at radius 1 is 1.38 bits per heavy atom. The smallest absolute Gasteiger partial charge is 0.240 e. The zero-order chi connectivity index (χ0) is 17.2. The van der Waals surface area contributed by atoms with Gasteiger partial charge in [-0.05, 0) is 56.4 Å². The van der Waals surface area contributed by atoms with Gasteiger partial charge in [0.2, 0.25) is 11.8 Å². The van der Waals surface area contributed by atoms with Crippen LogP contribution >= 0.6 is 0 Å². The summed E-state index contributed by atoms with van der Waals surface area (Å²) in [5.41, 5.74) is 0.933. The maximum Gasteiger partial charge on any atom is 0.240 e. The van der Waals surface area contributed by atoms with E-state index >= 15 is 0 Å². The average Bonchev–Trinajstić information content (AvgIpc) is 3.36. The number of hydrogen-bond donors (Lipinski definition) is 2. The van der Waals surface area contributed by atoms with E-state index in [4.69, 9.17) is 0 Å². The third kappa shape index (κ3) is 3.51. The molecular formula is C18H22N4O2. The highest BCUT2D eigenvalue weighted by Gasteiger charge is 2.42. The Labute approximate surface area is 141 Å². The molecule has 126 valence electrons. The van der Waals surface area contributed by atoms with Gasteiger partial charge in [-0.25, -0.2) is 0 Å². The van der Waals surface area contributed by atoms with Crippen molar-refractivity contribution in [3.05, 3.63) is 24.3 Å². The molecule has 0 bridgehead atoms. The molecule has 2 N–H and O–H groups in total. The first-order valence-electron chi connectivity index (χ1n) is 8.38. The van der Waals surface area contributed by atoms with Gasteiger partial charge < -0.3 is 15.5 Å². The predicted molar refractivity (Wildman–Crippen MR) is 91.4 cm³/mol. The van der Waals surface area contributed by atoms with Crippen LogP contribution in [0.4, 0.5) is 11.4 Å². The second-order valence-electron chi connectivity index (χ2n) is 6.69. The molecule has 1 saturated carbocycles. The third-order valence-electron chi connectivity index (χ3n) is 4.73. The molecule has 6 nitrogen and oxygen atoms in total. The van der Waals surface area contributed by atoms with Gasteiger partial charge in [-0.3, -0.25) is 9.59 Å². The molecule has 1 aromatic rings. The lowest BCUT2D eigenvalue weighted by Gasteiger charge is -2.23. The van der Waals surface area contributed by atoms with E-state index in [9.17, 15) is 14.9 Å². The summed E-state index contributed by atoms with van der Waals surface area (Å²) in [5, 5.41) is 15.1. The Bertz CT molecular complexity index is 675. The maximum atomic E-state index is 12.1. The standard InChI is InChI=1S/C18H22N4O2/c1-18(12-19,13-4-5-13)21-16(23)11-20-14-6-8-15(9-7-14)22-10-2-3-17(22)24/h6-9,13,20H,2-5,10-11H2,1H3,(H,21,23). The summed E-state index contributed by atoms with van der Waals surface area (Å²) in [6, 6.07) is 9.70. The van der Waals surface area contributed by atoms with Gasteiger partial charge in [0.25, 0.3) is 0 Å². The second-order valence-corrected chi connectivity index (χ2v) is 6.69. The molecule has 1 aliphatic heterocycles. The van der Waals surface area contributed by atoms with Gasteiger partial charge in [0.05, 0.1) is 12.6 Å². The minimum Gasteiger partial charge on any atom is -0.376 e. The highest BCUT2D eigenvalue weighted by molar-refractivity contribution is 5.95. The van der Waals surface area contributed by atoms with Crippen LogP contribution < -0.4 is 15.5 Å². The average molecular weight is 326 g/mol. The molecule has 3 rings (SSSR count). The first-order valence-corrected chi connectivity index (χ1v) is 8.38. The highest BCUT2D eigenvalue weighted by Crippen LogP contribution is 2.39. The fraction of sp³-hybridized carbons (Fsp3) is 0.500. The van der Waals surface area contributed by atoms with Crippen LogP contribution in [0.3, 0.4) is 0 Å². The number of anilines is 2. The number of amides is 2. The normalized spacial score (nSPS) is 19.5. The van der Waals surface area contributed by atoms with E-state index < -0.39 is 5.54 Å². The third-order valence-corrected chi connectivity index (χ3v) is 4.73. The summed E-state index contributed by atoms with van der Waals surface area (Å²) in [7, 11) is 0. The molecule has 1 unspecified atom stereocenters. The number of benzene rings is 1. The van der Waals surface area contributed by atoms with Gasteiger partial charge >= 0.3 is 0 Å². The number of nitriles is 1. The summed E-state index contributed by atoms with van der Waals surface area (Å²) in [5.74, 6) is 0.236. The fourth-order valence-electron chi connectivity index (χ4n) is 3.08. The molecule has 2 aliphatic rings. The second kappa shape index (κ2) is 6.52. The zero-order valence-corrected chi connectivity index (χ0v) is 13.8. The van der Waals surface area contributed by atoms with Gasteiger partial charge in [0.1, 0.15) is 5.54 Å². The van der Waals surface area contributed by atoms with E-state index in [0.29, 0.717) is 6.42 Å². The van der Waals surface area contributed by atoms with Crippen LogP contribution in [-0.4, -0.2) is 30.4 Å². The summed E-state index contributed by atoms with van der Waals surface area (Å²) in [4.78, 5) is 25.6. The van der Waals surface area contributed by atoms with E-state index in [1.807, 2.05) is 24.3 Å². The lowest BCUT2D eigenvalue weighted by atomic mass is 9.98. The molecule has 1 saturated heterocycles. The monoisotopic (exact) mass is 326 g/mol. The minimum absolute atomic E-state index is 0.117. The first kappa shape index (κ1) is 16.3. The zero-order valence-electron chi connectivity index (χ0n) is 13.8. The molecular weight excluding hydrogens is 304 g/mol. The van der Waals surface area contributed by atoms with Crippen LogP contribution in [0.15, 0.2) is 24.3 Å². The van der Waals surface area contributed by atoms with E-state index in [-0.39, 0.29) is 24.3 Å². The van der Waals surface area contributed by atoms with E-state index in [1.165, 1.54) is 0 Å². The van der Waals surface area contributed by atoms with Crippen molar-refractivity contribution in [2.75, 3.05) is 23.3 Å². The number of nitrogens with one attached hydrogen (secondary N) is 2. The maximum absolute atomic E-state index is 12.1. The Morgan fingerprint density at radius 3 is 2.62 bits per heavy atom. The number of hydrogen-bond acceptors (Lipinski definition) is 4. The van der Waals surface area contributed by atoms with Gasteiger partial charge in [-0.2, -0.15) is 5.26 Å². The molecule has 1 atom stereocenters. The quantitative estimate of drug-likeness (QED) is 0.837. The van der Waals surface area contributed by atoms with Gasteiger partial charge in [-0.1, -0.05) is 0 Å². The van der Waals surface area contributed by atoms with Crippen molar-refractivity contribution in [2.24, 2.45) is 5.92 Å². The Kier molecular flexibility index (Phi) is 4.43. The summed E-state index contributed by atoms with van der Waals surface area (Å²) in [6.07, 6.45) is 3.50. The molecule has 2 amide bonds. The largest absolute Gasteiger partial charge is 0.376 e. The number of carbonyl (C=O) groups excluding carboxylic acids is 2. The predicted octanol–water partition coefficient (Wildman–Crippen LogP) is 2.03. The topological polar surface area (TPSA) is 85.2 Å². The van der Waals surface area contributed by atoms with Crippen LogP contribution in [0, 0.1) is 17.2 Å². The number of rotatable bonds is 6. The van der Waals surface area contributed by atoms with Crippen LogP contribution in [0.1, 0.15) is 32.6 Å². The molecule has 0 aromatic heterocycles. The van der Waals surface area contributed by atoms with Crippen molar-refractivity contribution < 1.29 is 9.59 Å². The molecule has 1 aliphatic carbocycles. The Hall–Kier alpha value is -2.55. The molecule has 0 radical (unpaired) electrons. The van der Waals surface area contributed by atoms with E-state index in [1.54, 1.807) is 11.8 Å². The van der Waals surface area contributed by atoms with Crippen LogP contribution in [0.25, 0.3) is 0 Å². The van der Waals surface area contributed by atoms with Crippen molar-refractivity contribution >= 4 is 23.2 Å². The van der Waals surface area contributed by atoms with E-state index in [2.05, 4.69) is 16.7 Å². The SMILES string of the molecule is CC(C#N)(NC(=O)CNc1ccc(N2CCCC2=O)cc1)C1CC1. The van der Waals surface area contributed by atoms with Gasteiger partial charge in [0.15, 0.2) is 0 Å². The summed E-state index contributed by atoms with van der Waals surface area (Å²) in [6.45, 7) is 2.67. The van der Waals surface area contributed by atoms with Crippen LogP contribution in [0.5, 0.6) is 0 Å². The molecule has 6 heteroatoms. The number of nitrogens with zero attached hydrogens (tertiary/aromatic N) is 2. The van der Waals surface area contributed by atoms with Gasteiger partial charge in [-0.15, -0.1) is 0 Å². The number of carbonyl (C=O) groups is 2. The molecule has 24 heavy (non-hydrogen) atoms. The van der Waals surface area contributed by atoms with E-state index in [0.717, 1.165) is 37.2 Å². The lowest BCUT2D eigenvalue weighted by molar-refractivity contribution is -0.120. The molecule has 2 fully saturated rings. The van der Waals surface area contributed by atoms with Crippen LogP contribution in [-0.2, 0) is 9.59 Å². The van der Waals surface area contributed by atoms with Crippen LogP contribution in [0.2, 0.25) is 0 Å². The molecule has 0 spiro atoms.